The monoisotopic (exact) mass is 477 g/mol. The van der Waals surface area contributed by atoms with Crippen LogP contribution < -0.4 is 15.6 Å². The highest BCUT2D eigenvalue weighted by atomic mass is 32.2. The van der Waals surface area contributed by atoms with Crippen LogP contribution in [0.5, 0.6) is 5.75 Å². The molecule has 174 valence electrons. The summed E-state index contributed by atoms with van der Waals surface area (Å²) < 4.78 is 20.5. The number of methoxy groups -OCH3 is 1. The third-order valence-electron chi connectivity index (χ3n) is 5.20. The molecule has 34 heavy (non-hydrogen) atoms. The Hall–Kier alpha value is -3.65. The lowest BCUT2D eigenvalue weighted by Crippen LogP contribution is -2.25. The van der Waals surface area contributed by atoms with Crippen LogP contribution in [0.3, 0.4) is 0 Å². The van der Waals surface area contributed by atoms with Gasteiger partial charge in [0.25, 0.3) is 11.5 Å². The zero-order valence-corrected chi connectivity index (χ0v) is 19.7. The number of amides is 1. The van der Waals surface area contributed by atoms with Crippen molar-refractivity contribution in [1.29, 1.82) is 0 Å². The zero-order valence-electron chi connectivity index (χ0n) is 18.9. The minimum atomic E-state index is -0.322. The van der Waals surface area contributed by atoms with Crippen molar-refractivity contribution in [2.24, 2.45) is 0 Å². The second-order valence-electron chi connectivity index (χ2n) is 7.64. The number of nitrogens with one attached hydrogen (secondary N) is 1. The van der Waals surface area contributed by atoms with Crippen LogP contribution >= 0.6 is 11.8 Å². The molecule has 3 aromatic carbocycles. The van der Waals surface area contributed by atoms with Crippen molar-refractivity contribution in [1.82, 2.24) is 14.9 Å². The summed E-state index contributed by atoms with van der Waals surface area (Å²) in [5.74, 6) is 0.485. The summed E-state index contributed by atoms with van der Waals surface area (Å²) in [6.45, 7) is 2.54. The minimum Gasteiger partial charge on any atom is -0.497 e. The lowest BCUT2D eigenvalue weighted by Gasteiger charge is -2.14. The average Bonchev–Trinajstić information content (AvgIpc) is 2.85. The van der Waals surface area contributed by atoms with Crippen LogP contribution in [-0.2, 0) is 5.75 Å². The van der Waals surface area contributed by atoms with E-state index in [-0.39, 0.29) is 17.3 Å². The standard InChI is InChI=1S/C26H24FN3O3S/c1-3-12-28-24(31)18-10-11-22-23(14-18)29-26(34-16-17-6-4-7-19(27)13-17)30(25(22)32)20-8-5-9-21(15-20)33-2/h4-11,13-15H,3,12,16H2,1-2H3,(H,28,31). The number of rotatable bonds is 8. The molecule has 0 aliphatic carbocycles. The van der Waals surface area contributed by atoms with E-state index in [0.717, 1.165) is 12.0 Å². The van der Waals surface area contributed by atoms with Crippen molar-refractivity contribution in [3.05, 3.63) is 94.0 Å². The van der Waals surface area contributed by atoms with Crippen LogP contribution in [0.4, 0.5) is 4.39 Å². The van der Waals surface area contributed by atoms with Gasteiger partial charge >= 0.3 is 0 Å². The molecule has 0 fully saturated rings. The van der Waals surface area contributed by atoms with E-state index in [4.69, 9.17) is 9.72 Å². The Morgan fingerprint density at radius 1 is 1.12 bits per heavy atom. The fourth-order valence-electron chi connectivity index (χ4n) is 3.50. The first-order chi connectivity index (χ1) is 16.5. The van der Waals surface area contributed by atoms with Crippen LogP contribution in [0, 0.1) is 5.82 Å². The maximum Gasteiger partial charge on any atom is 0.266 e. The van der Waals surface area contributed by atoms with E-state index in [0.29, 0.717) is 45.4 Å². The number of fused-ring (bicyclic) bond motifs is 1. The van der Waals surface area contributed by atoms with Crippen molar-refractivity contribution >= 4 is 28.6 Å². The van der Waals surface area contributed by atoms with E-state index in [1.807, 2.05) is 13.0 Å². The Kier molecular flexibility index (Phi) is 7.27. The van der Waals surface area contributed by atoms with Gasteiger partial charge in [0, 0.05) is 23.9 Å². The SMILES string of the molecule is CCCNC(=O)c1ccc2c(=O)n(-c3cccc(OC)c3)c(SCc3cccc(F)c3)nc2c1. The predicted octanol–water partition coefficient (Wildman–Crippen LogP) is 4.97. The van der Waals surface area contributed by atoms with Crippen molar-refractivity contribution in [2.75, 3.05) is 13.7 Å². The van der Waals surface area contributed by atoms with E-state index >= 15 is 0 Å². The maximum absolute atomic E-state index is 13.7. The van der Waals surface area contributed by atoms with Gasteiger partial charge in [0.1, 0.15) is 11.6 Å². The fraction of sp³-hybridized carbons (Fsp3) is 0.192. The third kappa shape index (κ3) is 5.12. The smallest absolute Gasteiger partial charge is 0.266 e. The van der Waals surface area contributed by atoms with Crippen molar-refractivity contribution < 1.29 is 13.9 Å². The first-order valence-electron chi connectivity index (χ1n) is 10.9. The van der Waals surface area contributed by atoms with Crippen molar-refractivity contribution in [3.8, 4) is 11.4 Å². The molecule has 0 unspecified atom stereocenters. The molecule has 1 N–H and O–H groups in total. The van der Waals surface area contributed by atoms with E-state index in [9.17, 15) is 14.0 Å². The summed E-state index contributed by atoms with van der Waals surface area (Å²) in [5, 5.41) is 3.66. The molecule has 1 heterocycles. The molecule has 6 nitrogen and oxygen atoms in total. The van der Waals surface area contributed by atoms with Gasteiger partial charge in [-0.1, -0.05) is 36.9 Å². The van der Waals surface area contributed by atoms with Gasteiger partial charge in [-0.25, -0.2) is 9.37 Å². The first-order valence-corrected chi connectivity index (χ1v) is 11.9. The topological polar surface area (TPSA) is 73.2 Å². The molecule has 0 atom stereocenters. The van der Waals surface area contributed by atoms with Crippen molar-refractivity contribution in [3.63, 3.8) is 0 Å². The molecular formula is C26H24FN3O3S. The van der Waals surface area contributed by atoms with Gasteiger partial charge in [-0.3, -0.25) is 14.2 Å². The summed E-state index contributed by atoms with van der Waals surface area (Å²) in [6.07, 6.45) is 0.823. The summed E-state index contributed by atoms with van der Waals surface area (Å²) >= 11 is 1.32. The lowest BCUT2D eigenvalue weighted by molar-refractivity contribution is 0.0953. The highest BCUT2D eigenvalue weighted by Gasteiger charge is 2.16. The van der Waals surface area contributed by atoms with E-state index in [1.165, 1.54) is 28.5 Å². The molecular weight excluding hydrogens is 453 g/mol. The second-order valence-corrected chi connectivity index (χ2v) is 8.59. The number of halogens is 1. The molecule has 0 radical (unpaired) electrons. The molecule has 0 aliphatic heterocycles. The number of aromatic nitrogens is 2. The number of thioether (sulfide) groups is 1. The fourth-order valence-corrected chi connectivity index (χ4v) is 4.45. The second kappa shape index (κ2) is 10.5. The highest BCUT2D eigenvalue weighted by Crippen LogP contribution is 2.26. The van der Waals surface area contributed by atoms with Gasteiger partial charge in [0.15, 0.2) is 5.16 Å². The molecule has 0 aliphatic rings. The number of hydrogen-bond acceptors (Lipinski definition) is 5. The maximum atomic E-state index is 13.7. The lowest BCUT2D eigenvalue weighted by atomic mass is 10.1. The average molecular weight is 478 g/mol. The third-order valence-corrected chi connectivity index (χ3v) is 6.21. The van der Waals surface area contributed by atoms with E-state index in [1.54, 1.807) is 55.6 Å². The summed E-state index contributed by atoms with van der Waals surface area (Å²) in [7, 11) is 1.56. The van der Waals surface area contributed by atoms with Crippen LogP contribution in [0.1, 0.15) is 29.3 Å². The van der Waals surface area contributed by atoms with E-state index in [2.05, 4.69) is 5.32 Å². The number of ether oxygens (including phenoxy) is 1. The van der Waals surface area contributed by atoms with Gasteiger partial charge in [0.2, 0.25) is 0 Å². The van der Waals surface area contributed by atoms with Crippen molar-refractivity contribution in [2.45, 2.75) is 24.3 Å². The normalized spacial score (nSPS) is 10.9. The minimum absolute atomic E-state index is 0.212. The number of benzene rings is 3. The predicted molar refractivity (Wildman–Crippen MR) is 132 cm³/mol. The first kappa shape index (κ1) is 23.5. The Morgan fingerprint density at radius 2 is 1.94 bits per heavy atom. The van der Waals surface area contributed by atoms with Gasteiger partial charge in [-0.15, -0.1) is 0 Å². The van der Waals surface area contributed by atoms with Crippen LogP contribution in [-0.4, -0.2) is 29.1 Å². The molecule has 1 aromatic heterocycles. The molecule has 0 saturated carbocycles. The molecule has 0 spiro atoms. The van der Waals surface area contributed by atoms with Gasteiger partial charge in [-0.2, -0.15) is 0 Å². The largest absolute Gasteiger partial charge is 0.497 e. The Labute approximate surface area is 200 Å². The van der Waals surface area contributed by atoms with Crippen LogP contribution in [0.2, 0.25) is 0 Å². The van der Waals surface area contributed by atoms with Gasteiger partial charge < -0.3 is 10.1 Å². The molecule has 0 saturated heterocycles. The van der Waals surface area contributed by atoms with E-state index < -0.39 is 0 Å². The van der Waals surface area contributed by atoms with Crippen LogP contribution in [0.25, 0.3) is 16.6 Å². The quantitative estimate of drug-likeness (QED) is 0.287. The number of nitrogens with zero attached hydrogens (tertiary/aromatic N) is 2. The molecule has 4 aromatic rings. The highest BCUT2D eigenvalue weighted by molar-refractivity contribution is 7.98. The molecule has 1 amide bonds. The summed E-state index contributed by atoms with van der Waals surface area (Å²) in [5.41, 5.74) is 1.97. The Bertz CT molecular complexity index is 1400. The van der Waals surface area contributed by atoms with Gasteiger partial charge in [-0.05, 0) is 54.4 Å². The van der Waals surface area contributed by atoms with Crippen LogP contribution in [0.15, 0.2) is 76.7 Å². The Morgan fingerprint density at radius 3 is 2.71 bits per heavy atom. The zero-order chi connectivity index (χ0) is 24.1. The summed E-state index contributed by atoms with van der Waals surface area (Å²) in [4.78, 5) is 30.8. The number of hydrogen-bond donors (Lipinski definition) is 1. The number of carbonyl (C=O) groups excluding carboxylic acids is 1. The Balaban J connectivity index is 1.83. The number of carbonyl (C=O) groups is 1. The molecule has 4 rings (SSSR count). The summed E-state index contributed by atoms with van der Waals surface area (Å²) in [6, 6.07) is 18.4. The van der Waals surface area contributed by atoms with Gasteiger partial charge in [0.05, 0.1) is 23.7 Å². The molecule has 8 heteroatoms. The molecule has 0 bridgehead atoms.